The van der Waals surface area contributed by atoms with E-state index in [1.54, 1.807) is 26.0 Å². The third-order valence-electron chi connectivity index (χ3n) is 6.51. The molecule has 0 spiro atoms. The Kier molecular flexibility index (Phi) is 7.15. The second-order valence-corrected chi connectivity index (χ2v) is 8.75. The summed E-state index contributed by atoms with van der Waals surface area (Å²) in [7, 11) is 5.20. The van der Waals surface area contributed by atoms with Crippen LogP contribution in [0, 0.1) is 11.8 Å². The molecular formula is C20H36N6O2. The number of nitrogens with one attached hydrogen (secondary N) is 3. The minimum atomic E-state index is 0.00874. The number of hydrogen-bond donors (Lipinski definition) is 3. The topological polar surface area (TPSA) is 89.1 Å². The zero-order valence-electron chi connectivity index (χ0n) is 17.5. The van der Waals surface area contributed by atoms with Gasteiger partial charge in [0, 0.05) is 46.3 Å². The Morgan fingerprint density at radius 2 is 1.82 bits per heavy atom. The van der Waals surface area contributed by atoms with Crippen LogP contribution in [0.2, 0.25) is 0 Å². The van der Waals surface area contributed by atoms with E-state index in [2.05, 4.69) is 25.8 Å². The number of nitrogens with zero attached hydrogens (tertiary/aromatic N) is 3. The zero-order chi connectivity index (χ0) is 20.1. The maximum absolute atomic E-state index is 12.0. The van der Waals surface area contributed by atoms with Crippen LogP contribution in [0.25, 0.3) is 0 Å². The molecule has 158 valence electrons. The number of likely N-dealkylation sites (tertiary alicyclic amines) is 1. The van der Waals surface area contributed by atoms with Crippen molar-refractivity contribution in [3.63, 3.8) is 0 Å². The Hall–Kier alpha value is -1.83. The zero-order valence-corrected chi connectivity index (χ0v) is 17.5. The SMILES string of the molecule is CNC(=O)CN1CCC(NC(=NCC(=O)N(C)C)NC2CC3CCC2C3)CC1. The first-order valence-corrected chi connectivity index (χ1v) is 10.6. The number of hydrogen-bond acceptors (Lipinski definition) is 4. The number of fused-ring (bicyclic) bond motifs is 2. The van der Waals surface area contributed by atoms with E-state index in [0.29, 0.717) is 18.6 Å². The van der Waals surface area contributed by atoms with E-state index >= 15 is 0 Å². The highest BCUT2D eigenvalue weighted by atomic mass is 16.2. The molecule has 3 atom stereocenters. The van der Waals surface area contributed by atoms with E-state index in [-0.39, 0.29) is 18.4 Å². The van der Waals surface area contributed by atoms with Crippen molar-refractivity contribution in [2.75, 3.05) is 47.3 Å². The van der Waals surface area contributed by atoms with E-state index in [4.69, 9.17) is 0 Å². The van der Waals surface area contributed by atoms with Crippen molar-refractivity contribution in [3.8, 4) is 0 Å². The van der Waals surface area contributed by atoms with Crippen LogP contribution in [0.1, 0.15) is 38.5 Å². The van der Waals surface area contributed by atoms with Gasteiger partial charge in [-0.1, -0.05) is 6.42 Å². The Morgan fingerprint density at radius 3 is 2.39 bits per heavy atom. The summed E-state index contributed by atoms with van der Waals surface area (Å²) in [5.74, 6) is 2.46. The molecule has 0 radical (unpaired) electrons. The maximum Gasteiger partial charge on any atom is 0.243 e. The van der Waals surface area contributed by atoms with Gasteiger partial charge in [0.05, 0.1) is 6.54 Å². The van der Waals surface area contributed by atoms with Crippen molar-refractivity contribution in [3.05, 3.63) is 0 Å². The minimum absolute atomic E-state index is 0.00874. The van der Waals surface area contributed by atoms with Crippen LogP contribution in [0.4, 0.5) is 0 Å². The van der Waals surface area contributed by atoms with Crippen molar-refractivity contribution in [2.45, 2.75) is 50.6 Å². The number of rotatable bonds is 6. The lowest BCUT2D eigenvalue weighted by atomic mass is 9.95. The summed E-state index contributed by atoms with van der Waals surface area (Å²) >= 11 is 0. The van der Waals surface area contributed by atoms with Crippen LogP contribution >= 0.6 is 0 Å². The molecule has 0 aromatic heterocycles. The molecule has 0 aromatic rings. The first-order chi connectivity index (χ1) is 13.4. The highest BCUT2D eigenvalue weighted by molar-refractivity contribution is 5.85. The lowest BCUT2D eigenvalue weighted by Crippen LogP contribution is -2.52. The van der Waals surface area contributed by atoms with E-state index < -0.39 is 0 Å². The molecule has 3 aliphatic rings. The summed E-state index contributed by atoms with van der Waals surface area (Å²) in [6.45, 7) is 2.41. The molecule has 0 aromatic carbocycles. The normalized spacial score (nSPS) is 28.2. The molecule has 3 unspecified atom stereocenters. The van der Waals surface area contributed by atoms with Crippen molar-refractivity contribution in [2.24, 2.45) is 16.8 Å². The van der Waals surface area contributed by atoms with Gasteiger partial charge in [-0.15, -0.1) is 0 Å². The summed E-state index contributed by atoms with van der Waals surface area (Å²) < 4.78 is 0. The predicted molar refractivity (Wildman–Crippen MR) is 110 cm³/mol. The van der Waals surface area contributed by atoms with E-state index in [9.17, 15) is 9.59 Å². The van der Waals surface area contributed by atoms with Gasteiger partial charge in [0.15, 0.2) is 5.96 Å². The third kappa shape index (κ3) is 5.59. The Morgan fingerprint density at radius 1 is 1.07 bits per heavy atom. The summed E-state index contributed by atoms with van der Waals surface area (Å²) in [6, 6.07) is 0.799. The van der Waals surface area contributed by atoms with Gasteiger partial charge in [0.25, 0.3) is 0 Å². The molecule has 1 heterocycles. The molecule has 2 amide bonds. The monoisotopic (exact) mass is 392 g/mol. The minimum Gasteiger partial charge on any atom is -0.358 e. The van der Waals surface area contributed by atoms with Gasteiger partial charge >= 0.3 is 0 Å². The Bertz CT molecular complexity index is 585. The van der Waals surface area contributed by atoms with Gasteiger partial charge < -0.3 is 20.9 Å². The average molecular weight is 393 g/mol. The van der Waals surface area contributed by atoms with Crippen molar-refractivity contribution >= 4 is 17.8 Å². The van der Waals surface area contributed by atoms with Crippen LogP contribution < -0.4 is 16.0 Å². The number of aliphatic imine (C=N–C) groups is 1. The molecule has 2 saturated carbocycles. The number of carbonyl (C=O) groups excluding carboxylic acids is 2. The van der Waals surface area contributed by atoms with Crippen molar-refractivity contribution < 1.29 is 9.59 Å². The lowest BCUT2D eigenvalue weighted by molar-refractivity contribution is -0.127. The van der Waals surface area contributed by atoms with Gasteiger partial charge in [-0.2, -0.15) is 0 Å². The van der Waals surface area contributed by atoms with Crippen molar-refractivity contribution in [1.29, 1.82) is 0 Å². The smallest absolute Gasteiger partial charge is 0.243 e. The van der Waals surface area contributed by atoms with E-state index in [1.165, 1.54) is 25.7 Å². The van der Waals surface area contributed by atoms with Crippen molar-refractivity contribution in [1.82, 2.24) is 25.8 Å². The molecule has 8 nitrogen and oxygen atoms in total. The van der Waals surface area contributed by atoms with Crippen LogP contribution in [0.15, 0.2) is 4.99 Å². The standard InChI is InChI=1S/C20H36N6O2/c1-21-18(27)13-26-8-6-16(7-9-26)23-20(22-12-19(28)25(2)3)24-17-11-14-4-5-15(17)10-14/h14-17H,4-13H2,1-3H3,(H,21,27)(H2,22,23,24). The lowest BCUT2D eigenvalue weighted by Gasteiger charge is -2.33. The molecule has 2 bridgehead atoms. The van der Waals surface area contributed by atoms with E-state index in [1.807, 2.05) is 0 Å². The number of carbonyl (C=O) groups is 2. The number of likely N-dealkylation sites (N-methyl/N-ethyl adjacent to an activating group) is 2. The number of guanidine groups is 1. The Labute approximate surface area is 168 Å². The molecule has 1 saturated heterocycles. The van der Waals surface area contributed by atoms with Gasteiger partial charge in [-0.05, 0) is 43.9 Å². The molecule has 28 heavy (non-hydrogen) atoms. The highest BCUT2D eigenvalue weighted by Gasteiger charge is 2.40. The maximum atomic E-state index is 12.0. The molecule has 1 aliphatic heterocycles. The van der Waals surface area contributed by atoms with Crippen LogP contribution in [0.3, 0.4) is 0 Å². The molecular weight excluding hydrogens is 356 g/mol. The van der Waals surface area contributed by atoms with Crippen LogP contribution in [-0.4, -0.2) is 87.0 Å². The quantitative estimate of drug-likeness (QED) is 0.438. The van der Waals surface area contributed by atoms with Gasteiger partial charge in [0.1, 0.15) is 6.54 Å². The van der Waals surface area contributed by atoms with E-state index in [0.717, 1.165) is 43.7 Å². The molecule has 8 heteroatoms. The van der Waals surface area contributed by atoms with Crippen LogP contribution in [0.5, 0.6) is 0 Å². The predicted octanol–water partition coefficient (Wildman–Crippen LogP) is 0.00880. The average Bonchev–Trinajstić information content (AvgIpc) is 3.30. The largest absolute Gasteiger partial charge is 0.358 e. The first-order valence-electron chi connectivity index (χ1n) is 10.6. The number of piperidine rings is 1. The third-order valence-corrected chi connectivity index (χ3v) is 6.51. The fraction of sp³-hybridized carbons (Fsp3) is 0.850. The number of amides is 2. The fourth-order valence-electron chi connectivity index (χ4n) is 4.73. The summed E-state index contributed by atoms with van der Waals surface area (Å²) in [5.41, 5.74) is 0. The fourth-order valence-corrected chi connectivity index (χ4v) is 4.73. The molecule has 3 rings (SSSR count). The molecule has 3 fully saturated rings. The van der Waals surface area contributed by atoms with Gasteiger partial charge in [0.2, 0.25) is 11.8 Å². The molecule has 2 aliphatic carbocycles. The summed E-state index contributed by atoms with van der Waals surface area (Å²) in [5, 5.41) is 9.88. The van der Waals surface area contributed by atoms with Gasteiger partial charge in [-0.25, -0.2) is 4.99 Å². The summed E-state index contributed by atoms with van der Waals surface area (Å²) in [6.07, 6.45) is 7.17. The summed E-state index contributed by atoms with van der Waals surface area (Å²) in [4.78, 5) is 31.9. The first kappa shape index (κ1) is 20.9. The molecule has 3 N–H and O–H groups in total. The van der Waals surface area contributed by atoms with Crippen LogP contribution in [-0.2, 0) is 9.59 Å². The van der Waals surface area contributed by atoms with Gasteiger partial charge in [-0.3, -0.25) is 14.5 Å². The second-order valence-electron chi connectivity index (χ2n) is 8.75. The highest BCUT2D eigenvalue weighted by Crippen LogP contribution is 2.44. The second kappa shape index (κ2) is 9.58. The Balaban J connectivity index is 1.54.